The molecule has 1 aromatic heterocycles. The van der Waals surface area contributed by atoms with E-state index in [1.54, 1.807) is 12.1 Å². The number of carbonyl (C=O) groups excluding carboxylic acids is 1. The second-order valence-corrected chi connectivity index (χ2v) is 10.4. The Morgan fingerprint density at radius 1 is 1.09 bits per heavy atom. The van der Waals surface area contributed by atoms with Gasteiger partial charge in [0.1, 0.15) is 4.90 Å². The van der Waals surface area contributed by atoms with Crippen LogP contribution < -0.4 is 4.90 Å². The van der Waals surface area contributed by atoms with E-state index in [1.807, 2.05) is 51.1 Å². The minimum absolute atomic E-state index is 0.155. The van der Waals surface area contributed by atoms with Crippen LogP contribution in [0, 0.1) is 12.8 Å². The van der Waals surface area contributed by atoms with Gasteiger partial charge < -0.3 is 9.64 Å². The van der Waals surface area contributed by atoms with E-state index in [1.165, 1.54) is 6.20 Å². The van der Waals surface area contributed by atoms with Gasteiger partial charge in [0.2, 0.25) is 9.84 Å². The summed E-state index contributed by atoms with van der Waals surface area (Å²) in [4.78, 5) is 19.3. The fraction of sp³-hybridized carbons (Fsp3) is 0.385. The van der Waals surface area contributed by atoms with Crippen molar-refractivity contribution in [2.45, 2.75) is 49.8 Å². The minimum Gasteiger partial charge on any atom is -0.466 e. The third-order valence-corrected chi connectivity index (χ3v) is 8.09. The zero-order valence-electron chi connectivity index (χ0n) is 19.4. The molecular formula is C26H30N2O4S. The first-order valence-corrected chi connectivity index (χ1v) is 13.0. The summed E-state index contributed by atoms with van der Waals surface area (Å²) in [6, 6.07) is 13.0. The van der Waals surface area contributed by atoms with Crippen LogP contribution >= 0.6 is 0 Å². The van der Waals surface area contributed by atoms with Crippen LogP contribution in [0.2, 0.25) is 0 Å². The van der Waals surface area contributed by atoms with Gasteiger partial charge in [0.25, 0.3) is 0 Å². The number of piperidine rings is 1. The molecule has 1 saturated heterocycles. The smallest absolute Gasteiger partial charge is 0.309 e. The molecule has 2 heterocycles. The molecule has 1 fully saturated rings. The molecule has 1 aliphatic heterocycles. The summed E-state index contributed by atoms with van der Waals surface area (Å²) in [7, 11) is -3.78. The van der Waals surface area contributed by atoms with Crippen molar-refractivity contribution in [1.29, 1.82) is 0 Å². The molecule has 174 valence electrons. The number of carbonyl (C=O) groups is 1. The third-order valence-electron chi connectivity index (χ3n) is 6.32. The highest BCUT2D eigenvalue weighted by Gasteiger charge is 2.31. The molecule has 0 spiro atoms. The van der Waals surface area contributed by atoms with Crippen molar-refractivity contribution in [2.75, 3.05) is 24.6 Å². The van der Waals surface area contributed by atoms with Gasteiger partial charge in [-0.2, -0.15) is 0 Å². The zero-order valence-corrected chi connectivity index (χ0v) is 20.2. The van der Waals surface area contributed by atoms with Crippen molar-refractivity contribution < 1.29 is 17.9 Å². The Morgan fingerprint density at radius 2 is 1.79 bits per heavy atom. The maximum Gasteiger partial charge on any atom is 0.309 e. The van der Waals surface area contributed by atoms with Gasteiger partial charge in [-0.25, -0.2) is 8.42 Å². The van der Waals surface area contributed by atoms with E-state index in [2.05, 4.69) is 9.88 Å². The van der Waals surface area contributed by atoms with Crippen molar-refractivity contribution in [3.63, 3.8) is 0 Å². The van der Waals surface area contributed by atoms with Gasteiger partial charge in [0.05, 0.1) is 28.6 Å². The topological polar surface area (TPSA) is 76.6 Å². The molecule has 0 bridgehead atoms. The van der Waals surface area contributed by atoms with Crippen molar-refractivity contribution in [3.05, 3.63) is 59.8 Å². The Hall–Kier alpha value is -2.93. The van der Waals surface area contributed by atoms with Crippen LogP contribution in [-0.4, -0.2) is 39.1 Å². The second-order valence-electron chi connectivity index (χ2n) is 8.51. The molecule has 4 rings (SSSR count). The number of rotatable bonds is 6. The molecule has 3 aromatic rings. The molecular weight excluding hydrogens is 436 g/mol. The molecule has 1 aliphatic rings. The van der Waals surface area contributed by atoms with Crippen LogP contribution in [0.15, 0.2) is 58.5 Å². The van der Waals surface area contributed by atoms with E-state index < -0.39 is 9.84 Å². The zero-order chi connectivity index (χ0) is 23.6. The number of hydrogen-bond donors (Lipinski definition) is 0. The van der Waals surface area contributed by atoms with E-state index >= 15 is 0 Å². The summed E-state index contributed by atoms with van der Waals surface area (Å²) >= 11 is 0. The molecule has 0 aliphatic carbocycles. The van der Waals surface area contributed by atoms with Crippen molar-refractivity contribution in [2.24, 2.45) is 5.92 Å². The fourth-order valence-corrected chi connectivity index (χ4v) is 5.86. The summed E-state index contributed by atoms with van der Waals surface area (Å²) in [5.41, 5.74) is 3.55. The van der Waals surface area contributed by atoms with Crippen LogP contribution in [0.25, 0.3) is 10.9 Å². The van der Waals surface area contributed by atoms with Crippen LogP contribution in [0.4, 0.5) is 5.69 Å². The highest BCUT2D eigenvalue weighted by atomic mass is 32.2. The van der Waals surface area contributed by atoms with Crippen molar-refractivity contribution in [1.82, 2.24) is 4.98 Å². The molecule has 0 radical (unpaired) electrons. The molecule has 0 amide bonds. The molecule has 0 unspecified atom stereocenters. The van der Waals surface area contributed by atoms with Gasteiger partial charge in [-0.3, -0.25) is 9.78 Å². The van der Waals surface area contributed by atoms with Gasteiger partial charge in [-0.15, -0.1) is 0 Å². The minimum atomic E-state index is -3.78. The summed E-state index contributed by atoms with van der Waals surface area (Å²) in [5, 5.41) is 0.816. The Labute approximate surface area is 195 Å². The standard InChI is InChI=1S/C26H30N2O4S/c1-4-19-7-9-21(10-8-19)33(30,31)24-17-27-23-11-6-18(3)16-22(23)25(24)28-14-12-20(13-15-28)26(29)32-5-2/h6-11,16-17,20H,4-5,12-15H2,1-3H3. The van der Waals surface area contributed by atoms with Crippen LogP contribution in [0.1, 0.15) is 37.8 Å². The first kappa shape index (κ1) is 23.2. The number of aromatic nitrogens is 1. The van der Waals surface area contributed by atoms with Crippen LogP contribution in [0.3, 0.4) is 0 Å². The van der Waals surface area contributed by atoms with E-state index in [0.717, 1.165) is 28.5 Å². The van der Waals surface area contributed by atoms with E-state index in [9.17, 15) is 13.2 Å². The van der Waals surface area contributed by atoms with Crippen molar-refractivity contribution >= 4 is 32.4 Å². The lowest BCUT2D eigenvalue weighted by atomic mass is 9.96. The van der Waals surface area contributed by atoms with Gasteiger partial charge in [0, 0.05) is 24.7 Å². The molecule has 7 heteroatoms. The lowest BCUT2D eigenvalue weighted by molar-refractivity contribution is -0.148. The summed E-state index contributed by atoms with van der Waals surface area (Å²) < 4.78 is 32.7. The van der Waals surface area contributed by atoms with E-state index in [-0.39, 0.29) is 21.7 Å². The molecule has 6 nitrogen and oxygen atoms in total. The first-order valence-electron chi connectivity index (χ1n) is 11.5. The number of pyridine rings is 1. The highest BCUT2D eigenvalue weighted by Crippen LogP contribution is 2.38. The average molecular weight is 467 g/mol. The number of aryl methyl sites for hydroxylation is 2. The lowest BCUT2D eigenvalue weighted by Gasteiger charge is -2.34. The normalized spacial score (nSPS) is 15.1. The Kier molecular flexibility index (Phi) is 6.70. The third kappa shape index (κ3) is 4.60. The summed E-state index contributed by atoms with van der Waals surface area (Å²) in [6.45, 7) is 7.36. The summed E-state index contributed by atoms with van der Waals surface area (Å²) in [5.74, 6) is -0.325. The quantitative estimate of drug-likeness (QED) is 0.490. The van der Waals surface area contributed by atoms with Gasteiger partial charge >= 0.3 is 5.97 Å². The summed E-state index contributed by atoms with van der Waals surface area (Å²) in [6.07, 6.45) is 3.57. The highest BCUT2D eigenvalue weighted by molar-refractivity contribution is 7.91. The molecule has 0 atom stereocenters. The maximum atomic E-state index is 13.7. The fourth-order valence-electron chi connectivity index (χ4n) is 4.43. The number of benzene rings is 2. The molecule has 2 aromatic carbocycles. The monoisotopic (exact) mass is 466 g/mol. The molecule has 33 heavy (non-hydrogen) atoms. The Bertz CT molecular complexity index is 1260. The second kappa shape index (κ2) is 9.51. The number of sulfone groups is 1. The number of esters is 1. The largest absolute Gasteiger partial charge is 0.466 e. The van der Waals surface area contributed by atoms with Gasteiger partial charge in [0.15, 0.2) is 0 Å². The van der Waals surface area contributed by atoms with Crippen LogP contribution in [0.5, 0.6) is 0 Å². The maximum absolute atomic E-state index is 13.7. The first-order chi connectivity index (χ1) is 15.8. The van der Waals surface area contributed by atoms with Crippen molar-refractivity contribution in [3.8, 4) is 0 Å². The Balaban J connectivity index is 1.79. The average Bonchev–Trinajstić information content (AvgIpc) is 2.83. The van der Waals surface area contributed by atoms with E-state index in [4.69, 9.17) is 4.74 Å². The molecule has 0 saturated carbocycles. The number of ether oxygens (including phenoxy) is 1. The number of fused-ring (bicyclic) bond motifs is 1. The lowest BCUT2D eigenvalue weighted by Crippen LogP contribution is -2.37. The number of hydrogen-bond acceptors (Lipinski definition) is 6. The Morgan fingerprint density at radius 3 is 2.42 bits per heavy atom. The number of anilines is 1. The van der Waals surface area contributed by atoms with E-state index in [0.29, 0.717) is 38.2 Å². The van der Waals surface area contributed by atoms with Crippen LogP contribution in [-0.2, 0) is 25.8 Å². The number of nitrogens with zero attached hydrogens (tertiary/aromatic N) is 2. The van der Waals surface area contributed by atoms with Gasteiger partial charge in [-0.05, 0) is 62.9 Å². The predicted molar refractivity (Wildman–Crippen MR) is 129 cm³/mol. The van der Waals surface area contributed by atoms with Gasteiger partial charge in [-0.1, -0.05) is 30.7 Å². The predicted octanol–water partition coefficient (Wildman–Crippen LogP) is 4.72. The molecule has 0 N–H and O–H groups in total. The SMILES string of the molecule is CCOC(=O)C1CCN(c2c(S(=O)(=O)c3ccc(CC)cc3)cnc3ccc(C)cc23)CC1.